The van der Waals surface area contributed by atoms with Crippen molar-refractivity contribution in [2.45, 2.75) is 38.5 Å². The predicted octanol–water partition coefficient (Wildman–Crippen LogP) is 8.03. The highest BCUT2D eigenvalue weighted by Crippen LogP contribution is 2.42. The molecule has 0 aliphatic heterocycles. The second-order valence-corrected chi connectivity index (χ2v) is 11.7. The smallest absolute Gasteiger partial charge is 0.423 e. The van der Waals surface area contributed by atoms with Crippen LogP contribution in [0.15, 0.2) is 12.1 Å². The number of halogens is 6. The van der Waals surface area contributed by atoms with Crippen molar-refractivity contribution >= 4 is 93.5 Å². The lowest BCUT2D eigenvalue weighted by molar-refractivity contribution is -0.156. The second kappa shape index (κ2) is 13.4. The topological polar surface area (TPSA) is 105 Å². The third kappa shape index (κ3) is 6.92. The Labute approximate surface area is 259 Å². The zero-order chi connectivity index (χ0) is 29.1. The summed E-state index contributed by atoms with van der Waals surface area (Å²) in [5.41, 5.74) is -0.903. The van der Waals surface area contributed by atoms with E-state index in [1.165, 1.54) is 0 Å². The Morgan fingerprint density at radius 1 is 0.600 bits per heavy atom. The Hall–Kier alpha value is -1.94. The Balaban J connectivity index is 1.55. The number of esters is 4. The minimum atomic E-state index is -1.63. The van der Waals surface area contributed by atoms with Crippen molar-refractivity contribution in [3.8, 4) is 11.5 Å². The maximum atomic E-state index is 12.8. The Morgan fingerprint density at radius 2 is 0.950 bits per heavy atom. The van der Waals surface area contributed by atoms with Crippen LogP contribution in [-0.4, -0.2) is 37.1 Å². The van der Waals surface area contributed by atoms with E-state index in [-0.39, 0.29) is 55.2 Å². The molecular formula is C26H20Cl6O8. The lowest BCUT2D eigenvalue weighted by Gasteiger charge is -2.25. The largest absolute Gasteiger partial charge is 0.462 e. The van der Waals surface area contributed by atoms with Crippen LogP contribution in [-0.2, 0) is 19.1 Å². The second-order valence-electron chi connectivity index (χ2n) is 9.29. The molecule has 2 aliphatic carbocycles. The zero-order valence-electron chi connectivity index (χ0n) is 20.5. The summed E-state index contributed by atoms with van der Waals surface area (Å²) >= 11 is 36.9. The normalized spacial score (nSPS) is 15.1. The molecular weight excluding hydrogens is 653 g/mol. The summed E-state index contributed by atoms with van der Waals surface area (Å²) in [4.78, 5) is 51.2. The first kappa shape index (κ1) is 31.0. The van der Waals surface area contributed by atoms with Crippen LogP contribution in [0.4, 0.5) is 0 Å². The molecule has 0 N–H and O–H groups in total. The zero-order valence-corrected chi connectivity index (χ0v) is 25.0. The summed E-state index contributed by atoms with van der Waals surface area (Å²) in [5.74, 6) is -5.93. The summed E-state index contributed by atoms with van der Waals surface area (Å²) < 4.78 is 20.8. The molecule has 2 aromatic carbocycles. The van der Waals surface area contributed by atoms with Crippen molar-refractivity contribution in [1.82, 2.24) is 0 Å². The lowest BCUT2D eigenvalue weighted by Crippen LogP contribution is -2.28. The van der Waals surface area contributed by atoms with Crippen LogP contribution in [0.5, 0.6) is 11.5 Å². The molecule has 0 amide bonds. The van der Waals surface area contributed by atoms with E-state index in [4.69, 9.17) is 88.6 Å². The summed E-state index contributed by atoms with van der Waals surface area (Å²) in [6, 6.07) is 2.24. The molecule has 2 aromatic rings. The van der Waals surface area contributed by atoms with E-state index < -0.39 is 46.5 Å². The average Bonchev–Trinajstić information content (AvgIpc) is 2.83. The molecule has 8 nitrogen and oxygen atoms in total. The van der Waals surface area contributed by atoms with Crippen LogP contribution in [0.2, 0.25) is 30.1 Å². The fourth-order valence-corrected chi connectivity index (χ4v) is 5.28. The number of hydrogen-bond donors (Lipinski definition) is 0. The highest BCUT2D eigenvalue weighted by molar-refractivity contribution is 6.47. The molecule has 14 heteroatoms. The number of carbonyl (C=O) groups excluding carboxylic acids is 4. The van der Waals surface area contributed by atoms with Crippen LogP contribution < -0.4 is 9.47 Å². The highest BCUT2D eigenvalue weighted by atomic mass is 35.5. The van der Waals surface area contributed by atoms with Gasteiger partial charge in [-0.2, -0.15) is 0 Å². The average molecular weight is 673 g/mol. The van der Waals surface area contributed by atoms with Crippen molar-refractivity contribution < 1.29 is 38.1 Å². The molecule has 2 saturated carbocycles. The van der Waals surface area contributed by atoms with E-state index in [1.807, 2.05) is 0 Å². The Kier molecular flexibility index (Phi) is 10.4. The van der Waals surface area contributed by atoms with Gasteiger partial charge in [-0.05, 0) is 49.7 Å². The highest BCUT2D eigenvalue weighted by Gasteiger charge is 2.33. The van der Waals surface area contributed by atoms with Crippen LogP contribution in [0, 0.1) is 11.8 Å². The Bertz CT molecular complexity index is 1270. The standard InChI is InChI=1S/C26H20Cl6O8/c27-13-7-15(29)21(17(19(13)31)23(33)37-9-11-3-1-4-11)39-25(35)26(36)40-22-16(30)8-14(28)20(32)18(22)24(34)38-10-12-5-2-6-12/h7-8,11-12H,1-6,9-10H2. The molecule has 0 bridgehead atoms. The molecule has 2 aliphatic rings. The van der Waals surface area contributed by atoms with E-state index in [9.17, 15) is 19.2 Å². The van der Waals surface area contributed by atoms with E-state index >= 15 is 0 Å². The van der Waals surface area contributed by atoms with Gasteiger partial charge in [-0.15, -0.1) is 0 Å². The van der Waals surface area contributed by atoms with Crippen molar-refractivity contribution in [2.24, 2.45) is 11.8 Å². The summed E-state index contributed by atoms with van der Waals surface area (Å²) in [6.07, 6.45) is 5.66. The molecule has 4 rings (SSSR count). The first-order chi connectivity index (χ1) is 19.0. The van der Waals surface area contributed by atoms with E-state index in [2.05, 4.69) is 0 Å². The van der Waals surface area contributed by atoms with Gasteiger partial charge in [0.15, 0.2) is 11.5 Å². The van der Waals surface area contributed by atoms with Crippen molar-refractivity contribution in [3.63, 3.8) is 0 Å². The monoisotopic (exact) mass is 670 g/mol. The summed E-state index contributed by atoms with van der Waals surface area (Å²) in [6.45, 7) is 0.230. The van der Waals surface area contributed by atoms with Gasteiger partial charge in [0.2, 0.25) is 0 Å². The molecule has 0 atom stereocenters. The summed E-state index contributed by atoms with van der Waals surface area (Å²) in [7, 11) is 0. The molecule has 0 unspecified atom stereocenters. The number of benzene rings is 2. The number of carbonyl (C=O) groups is 4. The molecule has 0 aromatic heterocycles. The molecule has 214 valence electrons. The van der Waals surface area contributed by atoms with Crippen LogP contribution in [0.1, 0.15) is 59.2 Å². The van der Waals surface area contributed by atoms with Gasteiger partial charge in [-0.3, -0.25) is 0 Å². The number of hydrogen-bond acceptors (Lipinski definition) is 8. The van der Waals surface area contributed by atoms with E-state index in [1.54, 1.807) is 0 Å². The summed E-state index contributed by atoms with van der Waals surface area (Å²) in [5, 5.41) is -1.44. The Morgan fingerprint density at radius 3 is 1.25 bits per heavy atom. The minimum Gasteiger partial charge on any atom is -0.462 e. The van der Waals surface area contributed by atoms with Crippen LogP contribution in [0.3, 0.4) is 0 Å². The maximum Gasteiger partial charge on any atom is 0.423 e. The molecule has 40 heavy (non-hydrogen) atoms. The van der Waals surface area contributed by atoms with E-state index in [0.29, 0.717) is 0 Å². The van der Waals surface area contributed by atoms with Gasteiger partial charge in [-0.25, -0.2) is 19.2 Å². The third-order valence-electron chi connectivity index (χ3n) is 6.57. The lowest BCUT2D eigenvalue weighted by atomic mass is 9.86. The maximum absolute atomic E-state index is 12.8. The van der Waals surface area contributed by atoms with Crippen molar-refractivity contribution in [1.29, 1.82) is 0 Å². The van der Waals surface area contributed by atoms with Gasteiger partial charge in [-0.1, -0.05) is 82.4 Å². The molecule has 0 radical (unpaired) electrons. The van der Waals surface area contributed by atoms with Crippen molar-refractivity contribution in [2.75, 3.05) is 13.2 Å². The first-order valence-electron chi connectivity index (χ1n) is 12.1. The van der Waals surface area contributed by atoms with E-state index in [0.717, 1.165) is 50.7 Å². The van der Waals surface area contributed by atoms with Gasteiger partial charge < -0.3 is 18.9 Å². The van der Waals surface area contributed by atoms with Gasteiger partial charge in [0.25, 0.3) is 0 Å². The molecule has 0 heterocycles. The quantitative estimate of drug-likeness (QED) is 0.120. The number of rotatable bonds is 8. The molecule has 0 saturated heterocycles. The predicted molar refractivity (Wildman–Crippen MR) is 149 cm³/mol. The minimum absolute atomic E-state index is 0.114. The molecule has 0 spiro atoms. The van der Waals surface area contributed by atoms with Gasteiger partial charge in [0.05, 0.1) is 43.3 Å². The van der Waals surface area contributed by atoms with Crippen molar-refractivity contribution in [3.05, 3.63) is 53.4 Å². The fourth-order valence-electron chi connectivity index (χ4n) is 3.84. The first-order valence-corrected chi connectivity index (χ1v) is 14.4. The molecule has 2 fully saturated rings. The number of ether oxygens (including phenoxy) is 4. The SMILES string of the molecule is O=C(Oc1c(Cl)cc(Cl)c(Cl)c1C(=O)OCC1CCC1)C(=O)Oc1c(Cl)cc(Cl)c(Cl)c1C(=O)OCC1CCC1. The van der Waals surface area contributed by atoms with Gasteiger partial charge >= 0.3 is 23.9 Å². The third-order valence-corrected chi connectivity index (χ3v) is 8.70. The fraction of sp³-hybridized carbons (Fsp3) is 0.385. The van der Waals surface area contributed by atoms with Crippen LogP contribution in [0.25, 0.3) is 0 Å². The van der Waals surface area contributed by atoms with Gasteiger partial charge in [0.1, 0.15) is 11.1 Å². The van der Waals surface area contributed by atoms with Gasteiger partial charge in [0, 0.05) is 0 Å². The van der Waals surface area contributed by atoms with Crippen LogP contribution >= 0.6 is 69.6 Å².